The van der Waals surface area contributed by atoms with E-state index >= 15 is 0 Å². The van der Waals surface area contributed by atoms with Gasteiger partial charge in [0.2, 0.25) is 10.0 Å². The number of hydrogen-bond acceptors (Lipinski definition) is 6. The van der Waals surface area contributed by atoms with Gasteiger partial charge in [-0.2, -0.15) is 0 Å². The average molecular weight is 360 g/mol. The van der Waals surface area contributed by atoms with E-state index in [0.717, 1.165) is 37.0 Å². The normalized spacial score (nSPS) is 23.3. The summed E-state index contributed by atoms with van der Waals surface area (Å²) in [4.78, 5) is 9.74. The van der Waals surface area contributed by atoms with Gasteiger partial charge in [-0.25, -0.2) is 18.1 Å². The van der Waals surface area contributed by atoms with Crippen LogP contribution in [0.5, 0.6) is 0 Å². The van der Waals surface area contributed by atoms with Crippen LogP contribution in [0.1, 0.15) is 31.3 Å². The molecule has 1 aliphatic heterocycles. The number of nitrogens with zero attached hydrogens (tertiary/aromatic N) is 2. The third kappa shape index (κ3) is 6.48. The van der Waals surface area contributed by atoms with Crippen molar-refractivity contribution in [2.75, 3.05) is 39.1 Å². The van der Waals surface area contributed by atoms with E-state index in [0.29, 0.717) is 26.2 Å². The number of aliphatic hydroxyl groups is 1. The molecule has 0 amide bonds. The van der Waals surface area contributed by atoms with Gasteiger partial charge < -0.3 is 14.8 Å². The summed E-state index contributed by atoms with van der Waals surface area (Å²) in [6.07, 6.45) is 6.06. The maximum atomic E-state index is 11.3. The van der Waals surface area contributed by atoms with Crippen molar-refractivity contribution >= 4 is 10.0 Å². The highest BCUT2D eigenvalue weighted by Crippen LogP contribution is 2.14. The second-order valence-corrected chi connectivity index (χ2v) is 8.37. The van der Waals surface area contributed by atoms with Crippen LogP contribution in [0, 0.1) is 0 Å². The van der Waals surface area contributed by atoms with E-state index in [9.17, 15) is 13.5 Å². The second-order valence-electron chi connectivity index (χ2n) is 6.54. The minimum atomic E-state index is -3.36. The molecule has 0 bridgehead atoms. The van der Waals surface area contributed by atoms with Gasteiger partial charge in [0.25, 0.3) is 0 Å². The number of imidazole rings is 1. The summed E-state index contributed by atoms with van der Waals surface area (Å²) in [5.74, 6) is 0.979. The number of sulfonamides is 1. The van der Waals surface area contributed by atoms with Crippen LogP contribution in [0.15, 0.2) is 6.20 Å². The molecule has 0 aliphatic carbocycles. The van der Waals surface area contributed by atoms with Crippen molar-refractivity contribution in [1.29, 1.82) is 0 Å². The number of aromatic amines is 1. The Balaban J connectivity index is 1.95. The lowest BCUT2D eigenvalue weighted by molar-refractivity contribution is -0.0323. The summed E-state index contributed by atoms with van der Waals surface area (Å²) in [5.41, 5.74) is -0.258. The summed E-state index contributed by atoms with van der Waals surface area (Å²) in [7, 11) is -3.36. The van der Waals surface area contributed by atoms with Crippen LogP contribution in [0.3, 0.4) is 0 Å². The van der Waals surface area contributed by atoms with Gasteiger partial charge in [0.15, 0.2) is 0 Å². The lowest BCUT2D eigenvalue weighted by atomic mass is 10.1. The van der Waals surface area contributed by atoms with E-state index < -0.39 is 15.6 Å². The molecule has 1 saturated heterocycles. The molecule has 2 rings (SSSR count). The van der Waals surface area contributed by atoms with Crippen LogP contribution >= 0.6 is 0 Å². The molecule has 24 heavy (non-hydrogen) atoms. The van der Waals surface area contributed by atoms with Gasteiger partial charge in [-0.1, -0.05) is 13.3 Å². The molecule has 0 unspecified atom stereocenters. The fourth-order valence-corrected chi connectivity index (χ4v) is 3.23. The number of nitrogens with one attached hydrogen (secondary N) is 2. The third-order valence-electron chi connectivity index (χ3n) is 3.95. The summed E-state index contributed by atoms with van der Waals surface area (Å²) in [6.45, 7) is 4.31. The van der Waals surface area contributed by atoms with Crippen LogP contribution < -0.4 is 4.72 Å². The average Bonchev–Trinajstić information content (AvgIpc) is 2.85. The summed E-state index contributed by atoms with van der Waals surface area (Å²) < 4.78 is 30.4. The Morgan fingerprint density at radius 2 is 2.33 bits per heavy atom. The zero-order valence-corrected chi connectivity index (χ0v) is 15.2. The highest BCUT2D eigenvalue weighted by Gasteiger charge is 2.33. The summed E-state index contributed by atoms with van der Waals surface area (Å²) >= 11 is 0. The molecule has 1 fully saturated rings. The summed E-state index contributed by atoms with van der Waals surface area (Å²) in [5, 5.41) is 10.7. The Hall–Kier alpha value is -1.00. The maximum absolute atomic E-state index is 11.3. The van der Waals surface area contributed by atoms with E-state index in [1.54, 1.807) is 0 Å². The number of aromatic nitrogens is 2. The van der Waals surface area contributed by atoms with Crippen LogP contribution in [0.4, 0.5) is 0 Å². The van der Waals surface area contributed by atoms with Crippen molar-refractivity contribution in [1.82, 2.24) is 19.6 Å². The lowest BCUT2D eigenvalue weighted by Gasteiger charge is -2.30. The maximum Gasteiger partial charge on any atom is 0.208 e. The van der Waals surface area contributed by atoms with Gasteiger partial charge in [0.1, 0.15) is 11.4 Å². The van der Waals surface area contributed by atoms with Crippen molar-refractivity contribution in [3.8, 4) is 0 Å². The number of hydrogen-bond donors (Lipinski definition) is 3. The Bertz CT molecular complexity index is 619. The van der Waals surface area contributed by atoms with Crippen molar-refractivity contribution in [3.05, 3.63) is 17.7 Å². The molecule has 9 heteroatoms. The molecule has 0 aromatic carbocycles. The molecule has 3 N–H and O–H groups in total. The molecule has 1 atom stereocenters. The quantitative estimate of drug-likeness (QED) is 0.596. The zero-order chi connectivity index (χ0) is 17.6. The highest BCUT2D eigenvalue weighted by atomic mass is 32.2. The SMILES string of the molecule is CCCCc1ncc(CN2CCOC[C@](O)(CNS(C)(=O)=O)C2)[nH]1. The van der Waals surface area contributed by atoms with E-state index in [1.165, 1.54) is 0 Å². The number of ether oxygens (including phenoxy) is 1. The Morgan fingerprint density at radius 1 is 1.54 bits per heavy atom. The van der Waals surface area contributed by atoms with E-state index in [1.807, 2.05) is 11.1 Å². The molecule has 8 nitrogen and oxygen atoms in total. The fourth-order valence-electron chi connectivity index (χ4n) is 2.70. The van der Waals surface area contributed by atoms with Crippen molar-refractivity contribution in [3.63, 3.8) is 0 Å². The molecule has 0 saturated carbocycles. The standard InChI is InChI=1S/C15H28N4O4S/c1-3-4-5-14-16-8-13(18-14)9-19-6-7-23-12-15(20,11-19)10-17-24(2,21)22/h8,17,20H,3-7,9-12H2,1-2H3,(H,16,18)/t15-/m0/s1. The molecule has 2 heterocycles. The van der Waals surface area contributed by atoms with E-state index in [2.05, 4.69) is 21.6 Å². The largest absolute Gasteiger partial charge is 0.385 e. The molecule has 1 aliphatic rings. The second kappa shape index (κ2) is 8.39. The first kappa shape index (κ1) is 19.3. The van der Waals surface area contributed by atoms with Crippen molar-refractivity contribution in [2.45, 2.75) is 38.3 Å². The first-order valence-electron chi connectivity index (χ1n) is 8.29. The Morgan fingerprint density at radius 3 is 3.04 bits per heavy atom. The van der Waals surface area contributed by atoms with Gasteiger partial charge in [0, 0.05) is 44.5 Å². The number of rotatable bonds is 8. The minimum Gasteiger partial charge on any atom is -0.385 e. The Kier molecular flexibility index (Phi) is 6.76. The summed E-state index contributed by atoms with van der Waals surface area (Å²) in [6, 6.07) is 0. The predicted molar refractivity (Wildman–Crippen MR) is 91.1 cm³/mol. The molecular formula is C15H28N4O4S. The van der Waals surface area contributed by atoms with Gasteiger partial charge >= 0.3 is 0 Å². The Labute approximate surface area is 143 Å². The first-order valence-corrected chi connectivity index (χ1v) is 10.2. The first-order chi connectivity index (χ1) is 11.3. The number of H-pyrrole nitrogens is 1. The molecule has 138 valence electrons. The monoisotopic (exact) mass is 360 g/mol. The predicted octanol–water partition coefficient (Wildman–Crippen LogP) is -0.135. The smallest absolute Gasteiger partial charge is 0.208 e. The van der Waals surface area contributed by atoms with Crippen LogP contribution in [-0.4, -0.2) is 73.1 Å². The van der Waals surface area contributed by atoms with Crippen molar-refractivity contribution < 1.29 is 18.3 Å². The molecule has 0 radical (unpaired) electrons. The topological polar surface area (TPSA) is 108 Å². The number of aryl methyl sites for hydroxylation is 1. The zero-order valence-electron chi connectivity index (χ0n) is 14.4. The van der Waals surface area contributed by atoms with Gasteiger partial charge in [-0.05, 0) is 6.42 Å². The third-order valence-corrected chi connectivity index (χ3v) is 4.61. The molecule has 1 aromatic rings. The van der Waals surface area contributed by atoms with Crippen LogP contribution in [-0.2, 0) is 27.7 Å². The molecule has 1 aromatic heterocycles. The van der Waals surface area contributed by atoms with Crippen LogP contribution in [0.25, 0.3) is 0 Å². The van der Waals surface area contributed by atoms with Gasteiger partial charge in [-0.3, -0.25) is 4.90 Å². The van der Waals surface area contributed by atoms with E-state index in [4.69, 9.17) is 4.74 Å². The molecular weight excluding hydrogens is 332 g/mol. The van der Waals surface area contributed by atoms with E-state index in [-0.39, 0.29) is 13.2 Å². The minimum absolute atomic E-state index is 0.0624. The van der Waals surface area contributed by atoms with Crippen molar-refractivity contribution in [2.24, 2.45) is 0 Å². The number of β-amino-alcohol motifs (C(OH)–C–C–N with tert-alkyl or cyclic N) is 1. The molecule has 0 spiro atoms. The lowest BCUT2D eigenvalue weighted by Crippen LogP contribution is -2.52. The highest BCUT2D eigenvalue weighted by molar-refractivity contribution is 7.88. The van der Waals surface area contributed by atoms with Gasteiger partial charge in [0.05, 0.1) is 19.5 Å². The fraction of sp³-hybridized carbons (Fsp3) is 0.800. The number of unbranched alkanes of at least 4 members (excludes halogenated alkanes) is 1. The van der Waals surface area contributed by atoms with Crippen LogP contribution in [0.2, 0.25) is 0 Å². The van der Waals surface area contributed by atoms with Gasteiger partial charge in [-0.15, -0.1) is 0 Å².